The van der Waals surface area contributed by atoms with E-state index in [2.05, 4.69) is 10.4 Å². The van der Waals surface area contributed by atoms with Gasteiger partial charge in [0.2, 0.25) is 0 Å². The van der Waals surface area contributed by atoms with Crippen molar-refractivity contribution in [2.75, 3.05) is 0 Å². The van der Waals surface area contributed by atoms with E-state index in [1.54, 1.807) is 13.1 Å². The number of hydrogen-bond donors (Lipinski definition) is 1. The van der Waals surface area contributed by atoms with Crippen molar-refractivity contribution >= 4 is 10.9 Å². The summed E-state index contributed by atoms with van der Waals surface area (Å²) in [5.74, 6) is -0.342. The molecule has 120 valence electrons. The normalized spacial score (nSPS) is 11.3. The van der Waals surface area contributed by atoms with Crippen LogP contribution < -0.4 is 10.9 Å². The Morgan fingerprint density at radius 2 is 1.91 bits per heavy atom. The van der Waals surface area contributed by atoms with Gasteiger partial charge in [-0.1, -0.05) is 0 Å². The minimum Gasteiger partial charge on any atom is -0.311 e. The molecule has 0 saturated heterocycles. The van der Waals surface area contributed by atoms with Crippen LogP contribution in [-0.4, -0.2) is 14.3 Å². The van der Waals surface area contributed by atoms with E-state index in [4.69, 9.17) is 0 Å². The molecule has 0 saturated carbocycles. The summed E-state index contributed by atoms with van der Waals surface area (Å²) < 4.78 is 16.7. The first-order valence-electron chi connectivity index (χ1n) is 7.43. The molecule has 0 spiro atoms. The zero-order chi connectivity index (χ0) is 16.6. The largest absolute Gasteiger partial charge is 0.311 e. The molecule has 0 fully saturated rings. The lowest BCUT2D eigenvalue weighted by molar-refractivity contribution is 0.628. The quantitative estimate of drug-likeness (QED) is 0.801. The van der Waals surface area contributed by atoms with E-state index < -0.39 is 0 Å². The zero-order valence-corrected chi connectivity index (χ0v) is 13.4. The van der Waals surface area contributed by atoms with E-state index in [1.807, 2.05) is 30.9 Å². The first-order valence-corrected chi connectivity index (χ1v) is 7.43. The molecule has 3 rings (SSSR count). The van der Waals surface area contributed by atoms with Gasteiger partial charge in [-0.3, -0.25) is 9.48 Å². The SMILES string of the molecule is Cc1c(CNCc2cc3ccc(F)cc3n(C)c2=O)cnn1C. The Bertz CT molecular complexity index is 926. The van der Waals surface area contributed by atoms with Gasteiger partial charge in [0, 0.05) is 44.0 Å². The molecular formula is C17H19FN4O. The molecule has 0 aliphatic heterocycles. The predicted molar refractivity (Wildman–Crippen MR) is 87.6 cm³/mol. The summed E-state index contributed by atoms with van der Waals surface area (Å²) in [6.45, 7) is 3.10. The molecule has 6 heteroatoms. The monoisotopic (exact) mass is 314 g/mol. The van der Waals surface area contributed by atoms with Gasteiger partial charge in [-0.2, -0.15) is 5.10 Å². The number of pyridine rings is 1. The Morgan fingerprint density at radius 1 is 1.17 bits per heavy atom. The number of nitrogens with one attached hydrogen (secondary N) is 1. The molecule has 3 aromatic rings. The molecule has 0 aliphatic carbocycles. The average Bonchev–Trinajstić information content (AvgIpc) is 2.85. The molecule has 23 heavy (non-hydrogen) atoms. The predicted octanol–water partition coefficient (Wildman–Crippen LogP) is 2.01. The zero-order valence-electron chi connectivity index (χ0n) is 13.4. The Hall–Kier alpha value is -2.47. The number of rotatable bonds is 4. The maximum absolute atomic E-state index is 13.3. The van der Waals surface area contributed by atoms with Crippen molar-refractivity contribution in [2.45, 2.75) is 20.0 Å². The molecular weight excluding hydrogens is 295 g/mol. The molecule has 0 bridgehead atoms. The highest BCUT2D eigenvalue weighted by molar-refractivity contribution is 5.79. The van der Waals surface area contributed by atoms with Crippen LogP contribution in [0.3, 0.4) is 0 Å². The first-order chi connectivity index (χ1) is 11.0. The van der Waals surface area contributed by atoms with E-state index in [1.165, 1.54) is 16.7 Å². The highest BCUT2D eigenvalue weighted by Crippen LogP contribution is 2.14. The molecule has 0 unspecified atom stereocenters. The molecule has 0 atom stereocenters. The third-order valence-corrected chi connectivity index (χ3v) is 4.23. The van der Waals surface area contributed by atoms with Crippen molar-refractivity contribution in [1.29, 1.82) is 0 Å². The summed E-state index contributed by atoms with van der Waals surface area (Å²) in [5.41, 5.74) is 3.35. The maximum atomic E-state index is 13.3. The van der Waals surface area contributed by atoms with Crippen LogP contribution in [0.25, 0.3) is 10.9 Å². The van der Waals surface area contributed by atoms with Crippen LogP contribution in [0.2, 0.25) is 0 Å². The second-order valence-electron chi connectivity index (χ2n) is 5.72. The molecule has 2 aromatic heterocycles. The van der Waals surface area contributed by atoms with E-state index in [0.29, 0.717) is 24.2 Å². The van der Waals surface area contributed by atoms with Crippen LogP contribution in [-0.2, 0) is 27.2 Å². The molecule has 0 aliphatic rings. The van der Waals surface area contributed by atoms with Gasteiger partial charge in [-0.15, -0.1) is 0 Å². The van der Waals surface area contributed by atoms with Crippen molar-refractivity contribution in [2.24, 2.45) is 14.1 Å². The minimum atomic E-state index is -0.342. The van der Waals surface area contributed by atoms with Crippen molar-refractivity contribution in [1.82, 2.24) is 19.7 Å². The average molecular weight is 314 g/mol. The number of hydrogen-bond acceptors (Lipinski definition) is 3. The fourth-order valence-electron chi connectivity index (χ4n) is 2.68. The van der Waals surface area contributed by atoms with Crippen LogP contribution in [0, 0.1) is 12.7 Å². The Balaban J connectivity index is 1.83. The number of fused-ring (bicyclic) bond motifs is 1. The van der Waals surface area contributed by atoms with Crippen LogP contribution in [0.1, 0.15) is 16.8 Å². The van der Waals surface area contributed by atoms with Gasteiger partial charge >= 0.3 is 0 Å². The topological polar surface area (TPSA) is 51.9 Å². The second-order valence-corrected chi connectivity index (χ2v) is 5.72. The van der Waals surface area contributed by atoms with E-state index in [-0.39, 0.29) is 11.4 Å². The maximum Gasteiger partial charge on any atom is 0.255 e. The number of nitrogens with zero attached hydrogens (tertiary/aromatic N) is 3. The molecule has 5 nitrogen and oxygen atoms in total. The van der Waals surface area contributed by atoms with Gasteiger partial charge in [0.1, 0.15) is 5.82 Å². The smallest absolute Gasteiger partial charge is 0.255 e. The standard InChI is InChI=1S/C17H19FN4O/c1-11-14(10-20-22(11)3)9-19-8-13-6-12-4-5-15(18)7-16(12)21(2)17(13)23/h4-7,10,19H,8-9H2,1-3H3. The molecule has 0 radical (unpaired) electrons. The summed E-state index contributed by atoms with van der Waals surface area (Å²) in [7, 11) is 3.57. The third kappa shape index (κ3) is 2.90. The van der Waals surface area contributed by atoms with Gasteiger partial charge in [0.15, 0.2) is 0 Å². The number of aromatic nitrogens is 3. The molecule has 0 amide bonds. The van der Waals surface area contributed by atoms with Crippen LogP contribution >= 0.6 is 0 Å². The molecule has 1 aromatic carbocycles. The van der Waals surface area contributed by atoms with Gasteiger partial charge in [0.25, 0.3) is 5.56 Å². The van der Waals surface area contributed by atoms with E-state index in [9.17, 15) is 9.18 Å². The summed E-state index contributed by atoms with van der Waals surface area (Å²) in [6.07, 6.45) is 1.82. The lowest BCUT2D eigenvalue weighted by atomic mass is 10.1. The van der Waals surface area contributed by atoms with Gasteiger partial charge < -0.3 is 9.88 Å². The molecule has 1 N–H and O–H groups in total. The summed E-state index contributed by atoms with van der Waals surface area (Å²) in [4.78, 5) is 12.4. The highest BCUT2D eigenvalue weighted by atomic mass is 19.1. The fourth-order valence-corrected chi connectivity index (χ4v) is 2.68. The van der Waals surface area contributed by atoms with Gasteiger partial charge in [-0.25, -0.2) is 4.39 Å². The Kier molecular flexibility index (Phi) is 4.00. The van der Waals surface area contributed by atoms with Crippen molar-refractivity contribution < 1.29 is 4.39 Å². The first kappa shape index (κ1) is 15.4. The van der Waals surface area contributed by atoms with Crippen LogP contribution in [0.15, 0.2) is 35.3 Å². The number of benzene rings is 1. The lowest BCUT2D eigenvalue weighted by Crippen LogP contribution is -2.25. The second kappa shape index (κ2) is 5.96. The summed E-state index contributed by atoms with van der Waals surface area (Å²) in [6, 6.07) is 6.30. The third-order valence-electron chi connectivity index (χ3n) is 4.23. The van der Waals surface area contributed by atoms with Crippen LogP contribution in [0.5, 0.6) is 0 Å². The highest BCUT2D eigenvalue weighted by Gasteiger charge is 2.08. The van der Waals surface area contributed by atoms with Crippen LogP contribution in [0.4, 0.5) is 4.39 Å². The Labute approximate surface area is 133 Å². The van der Waals surface area contributed by atoms with Gasteiger partial charge in [-0.05, 0) is 36.6 Å². The van der Waals surface area contributed by atoms with Crippen molar-refractivity contribution in [3.63, 3.8) is 0 Å². The van der Waals surface area contributed by atoms with Gasteiger partial charge in [0.05, 0.1) is 11.7 Å². The lowest BCUT2D eigenvalue weighted by Gasteiger charge is -2.10. The number of aryl methyl sites for hydroxylation is 2. The minimum absolute atomic E-state index is 0.112. The summed E-state index contributed by atoms with van der Waals surface area (Å²) >= 11 is 0. The van der Waals surface area contributed by atoms with Crippen molar-refractivity contribution in [3.8, 4) is 0 Å². The van der Waals surface area contributed by atoms with Crippen molar-refractivity contribution in [3.05, 3.63) is 63.5 Å². The Morgan fingerprint density at radius 3 is 2.61 bits per heavy atom. The van der Waals surface area contributed by atoms with E-state index in [0.717, 1.165) is 16.6 Å². The number of halogens is 1. The van der Waals surface area contributed by atoms with E-state index >= 15 is 0 Å². The fraction of sp³-hybridized carbons (Fsp3) is 0.294. The molecule has 2 heterocycles. The summed E-state index contributed by atoms with van der Waals surface area (Å²) in [5, 5.41) is 8.32.